The number of allylic oxidation sites excluding steroid dienone is 2. The Morgan fingerprint density at radius 1 is 1.04 bits per heavy atom. The molecule has 2 aromatic carbocycles. The Balaban J connectivity index is 0.00000169. The minimum absolute atomic E-state index is 0. The van der Waals surface area contributed by atoms with E-state index in [2.05, 4.69) is 0 Å². The minimum Gasteiger partial charge on any atom is -1.00 e. The van der Waals surface area contributed by atoms with Crippen molar-refractivity contribution in [2.45, 2.75) is 0 Å². The van der Waals surface area contributed by atoms with Gasteiger partial charge in [-0.1, -0.05) is 24.3 Å². The number of aromatic nitrogens is 1. The standard InChI is InChI=1S/C19H17N2O2.HI/c1-20-14-8-3-5-10-16(14)22-18(20)12-7-13-19-21(2)15-9-4-6-11-17(15)23-19;/h3-13H,1-2H3;1H/q+1;/p-1. The Morgan fingerprint density at radius 3 is 2.58 bits per heavy atom. The van der Waals surface area contributed by atoms with E-state index in [1.54, 1.807) is 0 Å². The van der Waals surface area contributed by atoms with Crippen molar-refractivity contribution in [3.8, 4) is 5.75 Å². The number of hydrogen-bond acceptors (Lipinski definition) is 3. The Kier molecular flexibility index (Phi) is 4.62. The van der Waals surface area contributed by atoms with E-state index in [1.807, 2.05) is 90.3 Å². The lowest BCUT2D eigenvalue weighted by molar-refractivity contribution is -0.652. The largest absolute Gasteiger partial charge is 1.00 e. The first-order chi connectivity index (χ1) is 11.2. The molecule has 4 nitrogen and oxygen atoms in total. The SMILES string of the molecule is CN1/C(=C/C=C/c2oc3ccccc3[n+]2C)Oc2ccccc21.[I-]. The topological polar surface area (TPSA) is 29.5 Å². The summed E-state index contributed by atoms with van der Waals surface area (Å²) in [5, 5.41) is 0. The number of nitrogens with zero attached hydrogens (tertiary/aromatic N) is 2. The van der Waals surface area contributed by atoms with Crippen LogP contribution in [-0.4, -0.2) is 7.05 Å². The molecule has 1 aromatic heterocycles. The van der Waals surface area contributed by atoms with Crippen molar-refractivity contribution < 1.29 is 37.7 Å². The number of benzene rings is 2. The molecule has 0 spiro atoms. The summed E-state index contributed by atoms with van der Waals surface area (Å²) in [6, 6.07) is 16.0. The van der Waals surface area contributed by atoms with E-state index >= 15 is 0 Å². The third kappa shape index (κ3) is 2.80. The van der Waals surface area contributed by atoms with Gasteiger partial charge in [0, 0.05) is 13.1 Å². The van der Waals surface area contributed by atoms with Gasteiger partial charge in [-0.2, -0.15) is 4.57 Å². The smallest absolute Gasteiger partial charge is 0.373 e. The average Bonchev–Trinajstić information content (AvgIpc) is 3.07. The van der Waals surface area contributed by atoms with Gasteiger partial charge in [-0.05, 0) is 30.4 Å². The lowest BCUT2D eigenvalue weighted by Crippen LogP contribution is -3.00. The van der Waals surface area contributed by atoms with Crippen molar-refractivity contribution in [1.29, 1.82) is 0 Å². The first-order valence-electron chi connectivity index (χ1n) is 7.50. The van der Waals surface area contributed by atoms with Crippen LogP contribution in [0.25, 0.3) is 17.2 Å². The Morgan fingerprint density at radius 2 is 1.79 bits per heavy atom. The van der Waals surface area contributed by atoms with Crippen LogP contribution in [0.2, 0.25) is 0 Å². The van der Waals surface area contributed by atoms with Crippen molar-refractivity contribution in [2.75, 3.05) is 11.9 Å². The van der Waals surface area contributed by atoms with Crippen LogP contribution >= 0.6 is 0 Å². The predicted octanol–water partition coefficient (Wildman–Crippen LogP) is 0.645. The van der Waals surface area contributed by atoms with E-state index in [0.717, 1.165) is 34.3 Å². The molecule has 4 rings (SSSR count). The number of halogens is 1. The van der Waals surface area contributed by atoms with E-state index in [1.165, 1.54) is 0 Å². The number of aryl methyl sites for hydroxylation is 1. The molecule has 0 bridgehead atoms. The zero-order valence-electron chi connectivity index (χ0n) is 13.4. The molecule has 0 radical (unpaired) electrons. The second kappa shape index (κ2) is 6.68. The second-order valence-electron chi connectivity index (χ2n) is 5.46. The number of ether oxygens (including phenoxy) is 1. The van der Waals surface area contributed by atoms with Crippen LogP contribution in [-0.2, 0) is 7.05 Å². The highest BCUT2D eigenvalue weighted by Gasteiger charge is 2.21. The normalized spacial score (nSPS) is 14.9. The minimum atomic E-state index is 0. The highest BCUT2D eigenvalue weighted by Crippen LogP contribution is 2.37. The molecule has 0 unspecified atom stereocenters. The summed E-state index contributed by atoms with van der Waals surface area (Å²) in [5.74, 6) is 2.46. The number of hydrogen-bond donors (Lipinski definition) is 0. The fourth-order valence-corrected chi connectivity index (χ4v) is 2.75. The van der Waals surface area contributed by atoms with Crippen LogP contribution in [0.15, 0.2) is 71.0 Å². The zero-order valence-corrected chi connectivity index (χ0v) is 15.6. The first-order valence-corrected chi connectivity index (χ1v) is 7.50. The van der Waals surface area contributed by atoms with Gasteiger partial charge in [0.1, 0.15) is 7.05 Å². The van der Waals surface area contributed by atoms with Gasteiger partial charge >= 0.3 is 5.89 Å². The molecule has 0 saturated heterocycles. The summed E-state index contributed by atoms with van der Waals surface area (Å²) in [6.45, 7) is 0. The van der Waals surface area contributed by atoms with E-state index in [4.69, 9.17) is 9.15 Å². The van der Waals surface area contributed by atoms with Crippen LogP contribution in [0.1, 0.15) is 5.89 Å². The van der Waals surface area contributed by atoms with Crippen LogP contribution < -0.4 is 38.2 Å². The zero-order chi connectivity index (χ0) is 15.8. The summed E-state index contributed by atoms with van der Waals surface area (Å²) in [5.41, 5.74) is 3.02. The van der Waals surface area contributed by atoms with Crippen LogP contribution in [0, 0.1) is 0 Å². The Labute approximate surface area is 157 Å². The van der Waals surface area contributed by atoms with Gasteiger partial charge in [-0.3, -0.25) is 0 Å². The molecule has 0 amide bonds. The Bertz CT molecular complexity index is 943. The van der Waals surface area contributed by atoms with Gasteiger partial charge in [0.2, 0.25) is 5.58 Å². The highest BCUT2D eigenvalue weighted by molar-refractivity contribution is 5.69. The molecule has 0 atom stereocenters. The van der Waals surface area contributed by atoms with Crippen molar-refractivity contribution in [2.24, 2.45) is 7.05 Å². The number of anilines is 1. The fraction of sp³-hybridized carbons (Fsp3) is 0.105. The molecule has 2 heterocycles. The average molecular weight is 432 g/mol. The lowest BCUT2D eigenvalue weighted by Gasteiger charge is -2.09. The van der Waals surface area contributed by atoms with E-state index < -0.39 is 0 Å². The van der Waals surface area contributed by atoms with E-state index in [9.17, 15) is 0 Å². The van der Waals surface area contributed by atoms with Gasteiger partial charge in [-0.25, -0.2) is 0 Å². The number of oxazole rings is 1. The summed E-state index contributed by atoms with van der Waals surface area (Å²) in [4.78, 5) is 2.03. The van der Waals surface area contributed by atoms with Gasteiger partial charge in [0.05, 0.1) is 11.8 Å². The molecule has 0 fully saturated rings. The number of fused-ring (bicyclic) bond motifs is 2. The quantitative estimate of drug-likeness (QED) is 0.440. The molecule has 24 heavy (non-hydrogen) atoms. The van der Waals surface area contributed by atoms with E-state index in [0.29, 0.717) is 0 Å². The molecule has 0 saturated carbocycles. The maximum Gasteiger partial charge on any atom is 0.373 e. The molecular formula is C19H17IN2O2. The molecule has 3 aromatic rings. The van der Waals surface area contributed by atoms with Crippen molar-refractivity contribution in [3.05, 3.63) is 72.5 Å². The summed E-state index contributed by atoms with van der Waals surface area (Å²) in [7, 11) is 3.99. The summed E-state index contributed by atoms with van der Waals surface area (Å²) in [6.07, 6.45) is 5.82. The molecule has 1 aliphatic rings. The second-order valence-corrected chi connectivity index (χ2v) is 5.46. The maximum absolute atomic E-state index is 5.84. The predicted molar refractivity (Wildman–Crippen MR) is 90.0 cm³/mol. The van der Waals surface area contributed by atoms with E-state index in [-0.39, 0.29) is 24.0 Å². The number of rotatable bonds is 2. The van der Waals surface area contributed by atoms with Crippen molar-refractivity contribution >= 4 is 22.9 Å². The third-order valence-corrected chi connectivity index (χ3v) is 4.02. The first kappa shape index (κ1) is 16.6. The number of para-hydroxylation sites is 4. The molecule has 5 heteroatoms. The van der Waals surface area contributed by atoms with Crippen molar-refractivity contribution in [3.63, 3.8) is 0 Å². The van der Waals surface area contributed by atoms with Crippen molar-refractivity contribution in [1.82, 2.24) is 0 Å². The summed E-state index contributed by atoms with van der Waals surface area (Å²) >= 11 is 0. The molecule has 0 N–H and O–H groups in total. The summed E-state index contributed by atoms with van der Waals surface area (Å²) < 4.78 is 13.7. The van der Waals surface area contributed by atoms with Gasteiger partial charge in [-0.15, -0.1) is 0 Å². The van der Waals surface area contributed by atoms with Crippen LogP contribution in [0.5, 0.6) is 5.75 Å². The lowest BCUT2D eigenvalue weighted by atomic mass is 10.3. The van der Waals surface area contributed by atoms with Gasteiger partial charge in [0.25, 0.3) is 5.52 Å². The fourth-order valence-electron chi connectivity index (χ4n) is 2.75. The van der Waals surface area contributed by atoms with Crippen LogP contribution in [0.4, 0.5) is 5.69 Å². The molecule has 0 aliphatic carbocycles. The van der Waals surface area contributed by atoms with Crippen LogP contribution in [0.3, 0.4) is 0 Å². The Hall–Kier alpha value is -2.28. The molecule has 1 aliphatic heterocycles. The maximum atomic E-state index is 5.84. The molecular weight excluding hydrogens is 415 g/mol. The van der Waals surface area contributed by atoms with Gasteiger partial charge < -0.3 is 38.0 Å². The monoisotopic (exact) mass is 432 g/mol. The highest BCUT2D eigenvalue weighted by atomic mass is 127. The molecule has 122 valence electrons. The third-order valence-electron chi connectivity index (χ3n) is 4.02. The van der Waals surface area contributed by atoms with Gasteiger partial charge in [0.15, 0.2) is 11.6 Å².